The van der Waals surface area contributed by atoms with Crippen molar-refractivity contribution in [2.45, 2.75) is 39.5 Å². The van der Waals surface area contributed by atoms with Crippen LogP contribution in [0, 0.1) is 11.6 Å². The van der Waals surface area contributed by atoms with Gasteiger partial charge >= 0.3 is 0 Å². The number of aromatic nitrogens is 4. The van der Waals surface area contributed by atoms with Crippen molar-refractivity contribution in [3.05, 3.63) is 53.2 Å². The molecule has 30 heavy (non-hydrogen) atoms. The molecule has 9 heteroatoms. The van der Waals surface area contributed by atoms with Gasteiger partial charge in [-0.25, -0.2) is 18.7 Å². The number of benzene rings is 1. The van der Waals surface area contributed by atoms with E-state index in [1.807, 2.05) is 29.5 Å². The van der Waals surface area contributed by atoms with Crippen molar-refractivity contribution in [1.29, 1.82) is 0 Å². The van der Waals surface area contributed by atoms with Crippen molar-refractivity contribution in [1.82, 2.24) is 25.1 Å². The van der Waals surface area contributed by atoms with E-state index < -0.39 is 11.6 Å². The highest BCUT2D eigenvalue weighted by atomic mass is 19.1. The number of hydrogen-bond acceptors (Lipinski definition) is 6. The molecule has 0 unspecified atom stereocenters. The van der Waals surface area contributed by atoms with Gasteiger partial charge in [0, 0.05) is 18.2 Å². The Balaban J connectivity index is 1.51. The molecule has 0 amide bonds. The van der Waals surface area contributed by atoms with Crippen molar-refractivity contribution < 1.29 is 13.5 Å². The van der Waals surface area contributed by atoms with Crippen LogP contribution >= 0.6 is 0 Å². The van der Waals surface area contributed by atoms with Crippen LogP contribution in [0.2, 0.25) is 0 Å². The van der Waals surface area contributed by atoms with Crippen LogP contribution in [-0.4, -0.2) is 38.9 Å². The molecule has 0 saturated heterocycles. The lowest BCUT2D eigenvalue weighted by Gasteiger charge is -2.34. The average molecular weight is 412 g/mol. The molecule has 7 nitrogen and oxygen atoms in total. The van der Waals surface area contributed by atoms with Crippen molar-refractivity contribution in [3.63, 3.8) is 0 Å². The zero-order valence-electron chi connectivity index (χ0n) is 16.8. The van der Waals surface area contributed by atoms with Gasteiger partial charge in [-0.2, -0.15) is 5.10 Å². The molecule has 2 aliphatic rings. The standard InChI is InChI=1S/C21H22F2N6O/c1-12(2)28-3-4-30-21-16(22)5-13(6-18(21)28)20-17(23)10-25-19(26-20)8-14-7-15-9-24-11-29(15)27-14/h5-7,10,12,24H,3-4,8-9,11H2,1-2H3. The summed E-state index contributed by atoms with van der Waals surface area (Å²) in [6.45, 7) is 6.56. The molecule has 3 aromatic rings. The normalized spacial score (nSPS) is 15.3. The summed E-state index contributed by atoms with van der Waals surface area (Å²) < 4.78 is 36.8. The van der Waals surface area contributed by atoms with Gasteiger partial charge in [0.1, 0.15) is 18.1 Å². The van der Waals surface area contributed by atoms with E-state index in [0.29, 0.717) is 43.3 Å². The van der Waals surface area contributed by atoms with Gasteiger partial charge in [0.15, 0.2) is 17.4 Å². The van der Waals surface area contributed by atoms with E-state index in [0.717, 1.165) is 24.1 Å². The van der Waals surface area contributed by atoms with Crippen LogP contribution in [0.4, 0.5) is 14.5 Å². The maximum absolute atomic E-state index is 14.8. The first-order valence-electron chi connectivity index (χ1n) is 10.0. The van der Waals surface area contributed by atoms with E-state index in [4.69, 9.17) is 4.74 Å². The Morgan fingerprint density at radius 2 is 2.07 bits per heavy atom. The minimum Gasteiger partial charge on any atom is -0.486 e. The summed E-state index contributed by atoms with van der Waals surface area (Å²) in [6.07, 6.45) is 1.51. The number of ether oxygens (including phenoxy) is 1. The fourth-order valence-corrected chi connectivity index (χ4v) is 4.00. The largest absolute Gasteiger partial charge is 0.486 e. The van der Waals surface area contributed by atoms with Gasteiger partial charge in [0.25, 0.3) is 0 Å². The lowest BCUT2D eigenvalue weighted by molar-refractivity contribution is 0.287. The molecule has 0 atom stereocenters. The average Bonchev–Trinajstić information content (AvgIpc) is 3.30. The zero-order valence-corrected chi connectivity index (χ0v) is 16.8. The number of nitrogens with zero attached hydrogens (tertiary/aromatic N) is 5. The molecular weight excluding hydrogens is 390 g/mol. The summed E-state index contributed by atoms with van der Waals surface area (Å²) >= 11 is 0. The maximum atomic E-state index is 14.8. The third-order valence-electron chi connectivity index (χ3n) is 5.42. The maximum Gasteiger partial charge on any atom is 0.178 e. The number of halogens is 2. The molecule has 156 valence electrons. The number of hydrogen-bond donors (Lipinski definition) is 1. The van der Waals surface area contributed by atoms with Crippen LogP contribution in [0.1, 0.15) is 31.1 Å². The Hall–Kier alpha value is -3.07. The summed E-state index contributed by atoms with van der Waals surface area (Å²) in [7, 11) is 0. The quantitative estimate of drug-likeness (QED) is 0.711. The summed E-state index contributed by atoms with van der Waals surface area (Å²) in [5.74, 6) is -0.478. The van der Waals surface area contributed by atoms with Crippen molar-refractivity contribution in [2.75, 3.05) is 18.1 Å². The summed E-state index contributed by atoms with van der Waals surface area (Å²) in [5, 5.41) is 7.72. The highest BCUT2D eigenvalue weighted by molar-refractivity contribution is 5.72. The number of nitrogens with one attached hydrogen (secondary N) is 1. The van der Waals surface area contributed by atoms with Gasteiger partial charge in [-0.3, -0.25) is 10.00 Å². The summed E-state index contributed by atoms with van der Waals surface area (Å²) in [6, 6.07) is 5.16. The molecule has 1 aromatic carbocycles. The van der Waals surface area contributed by atoms with E-state index >= 15 is 0 Å². The molecule has 0 spiro atoms. The first kappa shape index (κ1) is 18.9. The Kier molecular flexibility index (Phi) is 4.62. The Bertz CT molecular complexity index is 1090. The first-order chi connectivity index (χ1) is 14.5. The Labute approximate surface area is 172 Å². The molecule has 5 rings (SSSR count). The van der Waals surface area contributed by atoms with Crippen molar-refractivity contribution in [3.8, 4) is 17.0 Å². The second-order valence-corrected chi connectivity index (χ2v) is 7.81. The second-order valence-electron chi connectivity index (χ2n) is 7.81. The molecule has 0 bridgehead atoms. The first-order valence-corrected chi connectivity index (χ1v) is 10.0. The van der Waals surface area contributed by atoms with Gasteiger partial charge < -0.3 is 9.64 Å². The van der Waals surface area contributed by atoms with E-state index in [2.05, 4.69) is 20.4 Å². The molecule has 0 aliphatic carbocycles. The second kappa shape index (κ2) is 7.32. The van der Waals surface area contributed by atoms with Crippen molar-refractivity contribution in [2.24, 2.45) is 0 Å². The van der Waals surface area contributed by atoms with Crippen LogP contribution in [0.25, 0.3) is 11.3 Å². The van der Waals surface area contributed by atoms with Crippen LogP contribution < -0.4 is 15.0 Å². The minimum atomic E-state index is -0.595. The van der Waals surface area contributed by atoms with Gasteiger partial charge in [0.05, 0.1) is 42.9 Å². The third-order valence-corrected chi connectivity index (χ3v) is 5.42. The highest BCUT2D eigenvalue weighted by Gasteiger charge is 2.26. The van der Waals surface area contributed by atoms with Crippen molar-refractivity contribution >= 4 is 5.69 Å². The summed E-state index contributed by atoms with van der Waals surface area (Å²) in [4.78, 5) is 10.6. The Morgan fingerprint density at radius 1 is 1.20 bits per heavy atom. The molecule has 2 aromatic heterocycles. The number of fused-ring (bicyclic) bond motifs is 2. The zero-order chi connectivity index (χ0) is 20.8. The monoisotopic (exact) mass is 412 g/mol. The highest BCUT2D eigenvalue weighted by Crippen LogP contribution is 2.39. The van der Waals surface area contributed by atoms with Crippen LogP contribution in [0.5, 0.6) is 5.75 Å². The molecule has 4 heterocycles. The van der Waals surface area contributed by atoms with E-state index in [1.165, 1.54) is 6.07 Å². The van der Waals surface area contributed by atoms with Crippen LogP contribution in [-0.2, 0) is 19.6 Å². The smallest absolute Gasteiger partial charge is 0.178 e. The van der Waals surface area contributed by atoms with E-state index in [9.17, 15) is 8.78 Å². The fraction of sp³-hybridized carbons (Fsp3) is 0.381. The van der Waals surface area contributed by atoms with Gasteiger partial charge in [0.2, 0.25) is 0 Å². The van der Waals surface area contributed by atoms with E-state index in [-0.39, 0.29) is 17.5 Å². The van der Waals surface area contributed by atoms with Crippen LogP contribution in [0.3, 0.4) is 0 Å². The fourth-order valence-electron chi connectivity index (χ4n) is 4.00. The molecular formula is C21H22F2N6O. The number of anilines is 1. The Morgan fingerprint density at radius 3 is 2.87 bits per heavy atom. The molecule has 0 saturated carbocycles. The SMILES string of the molecule is CC(C)N1CCOc2c(F)cc(-c3nc(Cc4cc5n(n4)CNC5)ncc3F)cc21. The lowest BCUT2D eigenvalue weighted by atomic mass is 10.1. The lowest BCUT2D eigenvalue weighted by Crippen LogP contribution is -2.38. The predicted octanol–water partition coefficient (Wildman–Crippen LogP) is 2.88. The van der Waals surface area contributed by atoms with Crippen LogP contribution in [0.15, 0.2) is 24.4 Å². The third kappa shape index (κ3) is 3.28. The van der Waals surface area contributed by atoms with Gasteiger partial charge in [-0.1, -0.05) is 0 Å². The topological polar surface area (TPSA) is 68.1 Å². The summed E-state index contributed by atoms with van der Waals surface area (Å²) in [5.41, 5.74) is 2.96. The molecule has 0 fully saturated rings. The number of rotatable bonds is 4. The van der Waals surface area contributed by atoms with Gasteiger partial charge in [-0.05, 0) is 32.0 Å². The van der Waals surface area contributed by atoms with E-state index in [1.54, 1.807) is 6.07 Å². The molecule has 0 radical (unpaired) electrons. The predicted molar refractivity (Wildman–Crippen MR) is 107 cm³/mol. The molecule has 1 N–H and O–H groups in total. The molecule has 2 aliphatic heterocycles. The minimum absolute atomic E-state index is 0.0735. The van der Waals surface area contributed by atoms with Gasteiger partial charge in [-0.15, -0.1) is 0 Å².